The third kappa shape index (κ3) is 4.37. The van der Waals surface area contributed by atoms with Gasteiger partial charge in [-0.05, 0) is 48.7 Å². The zero-order valence-electron chi connectivity index (χ0n) is 14.0. The lowest BCUT2D eigenvalue weighted by Crippen LogP contribution is -2.35. The molecule has 5 nitrogen and oxygen atoms in total. The second-order valence-corrected chi connectivity index (χ2v) is 8.40. The molecule has 0 fully saturated rings. The number of carbonyl (C=O) groups excluding carboxylic acids is 1. The Morgan fingerprint density at radius 3 is 2.69 bits per heavy atom. The molecule has 3 rings (SSSR count). The van der Waals surface area contributed by atoms with Crippen molar-refractivity contribution in [2.45, 2.75) is 24.7 Å². The highest BCUT2D eigenvalue weighted by Crippen LogP contribution is 2.28. The number of amides is 1. The number of nitrogens with one attached hydrogen (secondary N) is 1. The number of fused-ring (bicyclic) bond motifs is 1. The van der Waals surface area contributed by atoms with Gasteiger partial charge in [0.1, 0.15) is 17.4 Å². The van der Waals surface area contributed by atoms with Crippen LogP contribution in [0.5, 0.6) is 5.75 Å². The topological polar surface area (TPSA) is 72.5 Å². The summed E-state index contributed by atoms with van der Waals surface area (Å²) >= 11 is 0. The molecule has 0 spiro atoms. The first-order valence-corrected chi connectivity index (χ1v) is 9.99. The van der Waals surface area contributed by atoms with Crippen LogP contribution in [0.25, 0.3) is 0 Å². The van der Waals surface area contributed by atoms with Gasteiger partial charge in [-0.1, -0.05) is 6.07 Å². The molecule has 1 aliphatic heterocycles. The Hall–Kier alpha value is -2.48. The molecule has 0 aliphatic carbocycles. The summed E-state index contributed by atoms with van der Waals surface area (Å²) in [7, 11) is -3.36. The minimum absolute atomic E-state index is 0.0374. The highest BCUT2D eigenvalue weighted by molar-refractivity contribution is 7.89. The van der Waals surface area contributed by atoms with E-state index in [1.807, 2.05) is 0 Å². The van der Waals surface area contributed by atoms with Gasteiger partial charge in [-0.3, -0.25) is 4.79 Å². The molecule has 1 heterocycles. The summed E-state index contributed by atoms with van der Waals surface area (Å²) in [5, 5.41) is 2.56. The number of sulfone groups is 1. The van der Waals surface area contributed by atoms with Crippen molar-refractivity contribution < 1.29 is 26.7 Å². The molecule has 0 aromatic heterocycles. The molecule has 138 valence electrons. The number of hydrogen-bond acceptors (Lipinski definition) is 4. The molecule has 1 unspecified atom stereocenters. The fourth-order valence-corrected chi connectivity index (χ4v) is 3.59. The van der Waals surface area contributed by atoms with Crippen molar-refractivity contribution in [2.75, 3.05) is 11.6 Å². The highest BCUT2D eigenvalue weighted by atomic mass is 32.2. The molecule has 26 heavy (non-hydrogen) atoms. The standard InChI is InChI=1S/C18H17F2NO4S/c1-26(23,24)10-12-2-5-14(9-15(12)20)21-18(22)17-6-3-11-8-13(19)4-7-16(11)25-17/h2,4-5,7-9,17H,3,6,10H2,1H3,(H,21,22). The number of benzene rings is 2. The number of hydrogen-bond donors (Lipinski definition) is 1. The molecule has 0 saturated heterocycles. The van der Waals surface area contributed by atoms with Crippen LogP contribution in [0, 0.1) is 11.6 Å². The first-order chi connectivity index (χ1) is 12.2. The predicted molar refractivity (Wildman–Crippen MR) is 92.7 cm³/mol. The van der Waals surface area contributed by atoms with E-state index >= 15 is 0 Å². The van der Waals surface area contributed by atoms with E-state index in [0.717, 1.165) is 12.3 Å². The van der Waals surface area contributed by atoms with Crippen LogP contribution in [-0.4, -0.2) is 26.7 Å². The van der Waals surface area contributed by atoms with Crippen LogP contribution < -0.4 is 10.1 Å². The first-order valence-electron chi connectivity index (χ1n) is 7.93. The van der Waals surface area contributed by atoms with Gasteiger partial charge >= 0.3 is 0 Å². The Kier molecular flexibility index (Phi) is 4.95. The normalized spacial score (nSPS) is 16.5. The average Bonchev–Trinajstić information content (AvgIpc) is 2.55. The Balaban J connectivity index is 1.69. The highest BCUT2D eigenvalue weighted by Gasteiger charge is 2.26. The van der Waals surface area contributed by atoms with Crippen LogP contribution in [0.1, 0.15) is 17.5 Å². The summed E-state index contributed by atoms with van der Waals surface area (Å²) in [4.78, 5) is 12.3. The lowest BCUT2D eigenvalue weighted by molar-refractivity contribution is -0.123. The number of aryl methyl sites for hydroxylation is 1. The lowest BCUT2D eigenvalue weighted by atomic mass is 10.0. The van der Waals surface area contributed by atoms with Crippen molar-refractivity contribution in [2.24, 2.45) is 0 Å². The van der Waals surface area contributed by atoms with Crippen molar-refractivity contribution in [3.05, 3.63) is 59.2 Å². The van der Waals surface area contributed by atoms with Crippen molar-refractivity contribution in [3.63, 3.8) is 0 Å². The summed E-state index contributed by atoms with van der Waals surface area (Å²) in [5.41, 5.74) is 0.943. The molecule has 1 aliphatic rings. The van der Waals surface area contributed by atoms with Crippen LogP contribution in [0.15, 0.2) is 36.4 Å². The van der Waals surface area contributed by atoms with E-state index in [4.69, 9.17) is 4.74 Å². The molecule has 0 bridgehead atoms. The molecule has 2 aromatic carbocycles. The number of rotatable bonds is 4. The van der Waals surface area contributed by atoms with Gasteiger partial charge in [0.05, 0.1) is 5.75 Å². The van der Waals surface area contributed by atoms with E-state index in [9.17, 15) is 22.0 Å². The second-order valence-electron chi connectivity index (χ2n) is 6.26. The summed E-state index contributed by atoms with van der Waals surface area (Å²) < 4.78 is 55.4. The number of carbonyl (C=O) groups is 1. The molecule has 1 amide bonds. The van der Waals surface area contributed by atoms with E-state index in [1.54, 1.807) is 0 Å². The van der Waals surface area contributed by atoms with Gasteiger partial charge in [-0.15, -0.1) is 0 Å². The Labute approximate surface area is 149 Å². The monoisotopic (exact) mass is 381 g/mol. The SMILES string of the molecule is CS(=O)(=O)Cc1ccc(NC(=O)C2CCc3cc(F)ccc3O2)cc1F. The summed E-state index contributed by atoms with van der Waals surface area (Å²) in [6.07, 6.45) is 1.11. The minimum atomic E-state index is -3.36. The smallest absolute Gasteiger partial charge is 0.265 e. The fourth-order valence-electron chi connectivity index (χ4n) is 2.79. The molecule has 8 heteroatoms. The van der Waals surface area contributed by atoms with Crippen molar-refractivity contribution in [1.82, 2.24) is 0 Å². The largest absolute Gasteiger partial charge is 0.480 e. The van der Waals surface area contributed by atoms with Gasteiger partial charge in [0.2, 0.25) is 0 Å². The van der Waals surface area contributed by atoms with Crippen molar-refractivity contribution in [1.29, 1.82) is 0 Å². The van der Waals surface area contributed by atoms with Crippen LogP contribution in [0.2, 0.25) is 0 Å². The molecule has 0 radical (unpaired) electrons. The quantitative estimate of drug-likeness (QED) is 0.884. The first kappa shape index (κ1) is 18.3. The second kappa shape index (κ2) is 7.03. The van der Waals surface area contributed by atoms with E-state index in [1.165, 1.54) is 30.3 Å². The van der Waals surface area contributed by atoms with Gasteiger partial charge in [0, 0.05) is 17.5 Å². The van der Waals surface area contributed by atoms with Crippen LogP contribution in [0.4, 0.5) is 14.5 Å². The van der Waals surface area contributed by atoms with Gasteiger partial charge in [-0.25, -0.2) is 17.2 Å². The summed E-state index contributed by atoms with van der Waals surface area (Å²) in [6.45, 7) is 0. The summed E-state index contributed by atoms with van der Waals surface area (Å²) in [5.74, 6) is -1.48. The average molecular weight is 381 g/mol. The van der Waals surface area contributed by atoms with Crippen LogP contribution >= 0.6 is 0 Å². The van der Waals surface area contributed by atoms with Gasteiger partial charge in [-0.2, -0.15) is 0 Å². The van der Waals surface area contributed by atoms with E-state index < -0.39 is 33.4 Å². The van der Waals surface area contributed by atoms with Crippen LogP contribution in [-0.2, 0) is 26.8 Å². The van der Waals surface area contributed by atoms with Gasteiger partial charge in [0.25, 0.3) is 5.91 Å². The number of ether oxygens (including phenoxy) is 1. The van der Waals surface area contributed by atoms with Crippen molar-refractivity contribution >= 4 is 21.4 Å². The Morgan fingerprint density at radius 2 is 2.00 bits per heavy atom. The molecular weight excluding hydrogens is 364 g/mol. The molecule has 1 N–H and O–H groups in total. The van der Waals surface area contributed by atoms with Gasteiger partial charge in [0.15, 0.2) is 15.9 Å². The maximum absolute atomic E-state index is 14.0. The summed E-state index contributed by atoms with van der Waals surface area (Å²) in [6, 6.07) is 7.95. The third-order valence-corrected chi connectivity index (χ3v) is 4.83. The van der Waals surface area contributed by atoms with E-state index in [-0.39, 0.29) is 17.1 Å². The molecule has 0 saturated carbocycles. The van der Waals surface area contributed by atoms with E-state index in [0.29, 0.717) is 24.2 Å². The zero-order valence-corrected chi connectivity index (χ0v) is 14.8. The van der Waals surface area contributed by atoms with Crippen LogP contribution in [0.3, 0.4) is 0 Å². The molecular formula is C18H17F2NO4S. The predicted octanol–water partition coefficient (Wildman–Crippen LogP) is 2.84. The lowest BCUT2D eigenvalue weighted by Gasteiger charge is -2.25. The Morgan fingerprint density at radius 1 is 1.23 bits per heavy atom. The maximum atomic E-state index is 14.0. The zero-order chi connectivity index (χ0) is 18.9. The van der Waals surface area contributed by atoms with E-state index in [2.05, 4.69) is 5.32 Å². The van der Waals surface area contributed by atoms with Crippen molar-refractivity contribution in [3.8, 4) is 5.75 Å². The minimum Gasteiger partial charge on any atom is -0.480 e. The number of halogens is 2. The Bertz CT molecular complexity index is 960. The fraction of sp³-hybridized carbons (Fsp3) is 0.278. The molecule has 1 atom stereocenters. The third-order valence-electron chi connectivity index (χ3n) is 4.00. The maximum Gasteiger partial charge on any atom is 0.265 e. The molecule has 2 aromatic rings. The number of anilines is 1. The van der Waals surface area contributed by atoms with Gasteiger partial charge < -0.3 is 10.1 Å².